The SMILES string of the molecule is Cl.NC(=O)C1CNCCN1C(=O)CCn1ncc2ccccc21. The number of benzene rings is 1. The zero-order valence-corrected chi connectivity index (χ0v) is 13.5. The molecule has 1 aliphatic rings. The van der Waals surface area contributed by atoms with Crippen LogP contribution in [0.1, 0.15) is 6.42 Å². The first-order valence-corrected chi connectivity index (χ1v) is 7.37. The Morgan fingerprint density at radius 1 is 1.35 bits per heavy atom. The van der Waals surface area contributed by atoms with E-state index in [4.69, 9.17) is 5.73 Å². The molecule has 0 aliphatic carbocycles. The molecule has 23 heavy (non-hydrogen) atoms. The summed E-state index contributed by atoms with van der Waals surface area (Å²) in [5.41, 5.74) is 6.37. The van der Waals surface area contributed by atoms with Crippen LogP contribution in [0.4, 0.5) is 0 Å². The summed E-state index contributed by atoms with van der Waals surface area (Å²) >= 11 is 0. The number of nitrogens with one attached hydrogen (secondary N) is 1. The third-order valence-corrected chi connectivity index (χ3v) is 3.98. The smallest absolute Gasteiger partial charge is 0.241 e. The number of rotatable bonds is 4. The van der Waals surface area contributed by atoms with E-state index in [0.29, 0.717) is 32.6 Å². The molecule has 1 atom stereocenters. The summed E-state index contributed by atoms with van der Waals surface area (Å²) in [6, 6.07) is 7.30. The van der Waals surface area contributed by atoms with Crippen LogP contribution in [0.3, 0.4) is 0 Å². The van der Waals surface area contributed by atoms with Gasteiger partial charge in [-0.25, -0.2) is 0 Å². The molecule has 0 saturated carbocycles. The highest BCUT2D eigenvalue weighted by Crippen LogP contribution is 2.14. The normalized spacial score (nSPS) is 17.7. The highest BCUT2D eigenvalue weighted by Gasteiger charge is 2.30. The second kappa shape index (κ2) is 7.43. The van der Waals surface area contributed by atoms with E-state index < -0.39 is 11.9 Å². The zero-order valence-electron chi connectivity index (χ0n) is 12.6. The second-order valence-electron chi connectivity index (χ2n) is 5.39. The maximum Gasteiger partial charge on any atom is 0.241 e. The molecule has 1 unspecified atom stereocenters. The van der Waals surface area contributed by atoms with Crippen molar-refractivity contribution < 1.29 is 9.59 Å². The largest absolute Gasteiger partial charge is 0.368 e. The molecular formula is C15H20ClN5O2. The van der Waals surface area contributed by atoms with Crippen molar-refractivity contribution in [3.63, 3.8) is 0 Å². The van der Waals surface area contributed by atoms with Crippen LogP contribution in [0.2, 0.25) is 0 Å². The highest BCUT2D eigenvalue weighted by molar-refractivity contribution is 5.87. The predicted octanol–water partition coefficient (Wildman–Crippen LogP) is 0.134. The first kappa shape index (κ1) is 17.2. The van der Waals surface area contributed by atoms with Crippen molar-refractivity contribution in [1.82, 2.24) is 20.0 Å². The summed E-state index contributed by atoms with van der Waals surface area (Å²) in [5.74, 6) is -0.532. The number of nitrogens with two attached hydrogens (primary N) is 1. The maximum absolute atomic E-state index is 12.4. The number of fused-ring (bicyclic) bond motifs is 1. The van der Waals surface area contributed by atoms with Gasteiger partial charge >= 0.3 is 0 Å². The van der Waals surface area contributed by atoms with Gasteiger partial charge in [-0.2, -0.15) is 5.10 Å². The minimum atomic E-state index is -0.560. The molecule has 2 heterocycles. The lowest BCUT2D eigenvalue weighted by molar-refractivity contribution is -0.140. The number of piperazine rings is 1. The number of aromatic nitrogens is 2. The fraction of sp³-hybridized carbons (Fsp3) is 0.400. The fourth-order valence-corrected chi connectivity index (χ4v) is 2.81. The van der Waals surface area contributed by atoms with Crippen LogP contribution in [0.5, 0.6) is 0 Å². The molecule has 7 nitrogen and oxygen atoms in total. The van der Waals surface area contributed by atoms with Gasteiger partial charge in [0.1, 0.15) is 6.04 Å². The number of carbonyl (C=O) groups is 2. The quantitative estimate of drug-likeness (QED) is 0.829. The number of aryl methyl sites for hydroxylation is 1. The van der Waals surface area contributed by atoms with E-state index in [9.17, 15) is 9.59 Å². The lowest BCUT2D eigenvalue weighted by Crippen LogP contribution is -2.58. The van der Waals surface area contributed by atoms with Gasteiger partial charge in [0, 0.05) is 31.4 Å². The molecule has 1 fully saturated rings. The topological polar surface area (TPSA) is 93.3 Å². The Balaban J connectivity index is 0.00000192. The molecule has 3 N–H and O–H groups in total. The summed E-state index contributed by atoms with van der Waals surface area (Å²) in [6.45, 7) is 2.10. The summed E-state index contributed by atoms with van der Waals surface area (Å²) in [4.78, 5) is 25.4. The van der Waals surface area contributed by atoms with Crippen molar-refractivity contribution in [3.05, 3.63) is 30.5 Å². The minimum Gasteiger partial charge on any atom is -0.368 e. The van der Waals surface area contributed by atoms with Crippen LogP contribution in [-0.2, 0) is 16.1 Å². The first-order valence-electron chi connectivity index (χ1n) is 7.37. The van der Waals surface area contributed by atoms with Gasteiger partial charge in [-0.05, 0) is 6.07 Å². The molecule has 8 heteroatoms. The number of carbonyl (C=O) groups excluding carboxylic acids is 2. The average molecular weight is 338 g/mol. The van der Waals surface area contributed by atoms with Crippen molar-refractivity contribution in [1.29, 1.82) is 0 Å². The molecule has 2 amide bonds. The summed E-state index contributed by atoms with van der Waals surface area (Å²) < 4.78 is 1.81. The number of nitrogens with zero attached hydrogens (tertiary/aromatic N) is 3. The number of amides is 2. The Kier molecular flexibility index (Phi) is 5.57. The highest BCUT2D eigenvalue weighted by atomic mass is 35.5. The fourth-order valence-electron chi connectivity index (χ4n) is 2.81. The third kappa shape index (κ3) is 3.62. The van der Waals surface area contributed by atoms with Crippen LogP contribution < -0.4 is 11.1 Å². The van der Waals surface area contributed by atoms with Crippen LogP contribution in [0, 0.1) is 0 Å². The van der Waals surface area contributed by atoms with Crippen molar-refractivity contribution >= 4 is 35.1 Å². The summed E-state index contributed by atoms with van der Waals surface area (Å²) in [7, 11) is 0. The Labute approximate surface area is 140 Å². The van der Waals surface area contributed by atoms with E-state index in [1.165, 1.54) is 0 Å². The van der Waals surface area contributed by atoms with Crippen LogP contribution in [0.25, 0.3) is 10.9 Å². The number of hydrogen-bond donors (Lipinski definition) is 2. The molecule has 0 bridgehead atoms. The van der Waals surface area contributed by atoms with Crippen LogP contribution in [0.15, 0.2) is 30.5 Å². The van der Waals surface area contributed by atoms with E-state index in [0.717, 1.165) is 10.9 Å². The molecule has 0 radical (unpaired) electrons. The van der Waals surface area contributed by atoms with Crippen molar-refractivity contribution in [2.45, 2.75) is 19.0 Å². The van der Waals surface area contributed by atoms with Gasteiger partial charge in [-0.15, -0.1) is 12.4 Å². The molecule has 124 valence electrons. The minimum absolute atomic E-state index is 0. The van der Waals surface area contributed by atoms with Gasteiger partial charge in [0.05, 0.1) is 18.3 Å². The molecule has 2 aromatic rings. The maximum atomic E-state index is 12.4. The van der Waals surface area contributed by atoms with Crippen LogP contribution >= 0.6 is 12.4 Å². The molecule has 1 saturated heterocycles. The average Bonchev–Trinajstić information content (AvgIpc) is 2.96. The van der Waals surface area contributed by atoms with Gasteiger partial charge in [-0.3, -0.25) is 14.3 Å². The molecule has 0 spiro atoms. The van der Waals surface area contributed by atoms with Crippen molar-refractivity contribution in [2.75, 3.05) is 19.6 Å². The first-order chi connectivity index (χ1) is 10.7. The van der Waals surface area contributed by atoms with E-state index in [1.54, 1.807) is 11.1 Å². The molecular weight excluding hydrogens is 318 g/mol. The number of primary amides is 1. The summed E-state index contributed by atoms with van der Waals surface area (Å²) in [5, 5.41) is 8.44. The third-order valence-electron chi connectivity index (χ3n) is 3.98. The van der Waals surface area contributed by atoms with E-state index >= 15 is 0 Å². The molecule has 3 rings (SSSR count). The predicted molar refractivity (Wildman–Crippen MR) is 89.2 cm³/mol. The van der Waals surface area contributed by atoms with Crippen molar-refractivity contribution in [2.24, 2.45) is 5.73 Å². The summed E-state index contributed by atoms with van der Waals surface area (Å²) in [6.07, 6.45) is 2.09. The Morgan fingerprint density at radius 3 is 2.91 bits per heavy atom. The van der Waals surface area contributed by atoms with Gasteiger partial charge in [0.15, 0.2) is 0 Å². The number of halogens is 1. The van der Waals surface area contributed by atoms with E-state index in [2.05, 4.69) is 10.4 Å². The van der Waals surface area contributed by atoms with Gasteiger partial charge in [0.2, 0.25) is 11.8 Å². The van der Waals surface area contributed by atoms with Gasteiger partial charge in [-0.1, -0.05) is 18.2 Å². The molecule has 1 aromatic heterocycles. The lowest BCUT2D eigenvalue weighted by atomic mass is 10.1. The Morgan fingerprint density at radius 2 is 2.13 bits per heavy atom. The standard InChI is InChI=1S/C15H19N5O2.ClH/c16-15(22)13-10-17-6-8-19(13)14(21)5-7-20-12-4-2-1-3-11(12)9-18-20;/h1-4,9,13,17H,5-8,10H2,(H2,16,22);1H. The van der Waals surface area contributed by atoms with Gasteiger partial charge < -0.3 is 16.0 Å². The van der Waals surface area contributed by atoms with E-state index in [1.807, 2.05) is 28.9 Å². The Bertz CT molecular complexity index is 702. The van der Waals surface area contributed by atoms with Gasteiger partial charge in [0.25, 0.3) is 0 Å². The second-order valence-corrected chi connectivity index (χ2v) is 5.39. The molecule has 1 aliphatic heterocycles. The monoisotopic (exact) mass is 337 g/mol. The molecule has 1 aromatic carbocycles. The van der Waals surface area contributed by atoms with Crippen LogP contribution in [-0.4, -0.2) is 52.2 Å². The Hall–Kier alpha value is -2.12. The lowest BCUT2D eigenvalue weighted by Gasteiger charge is -2.34. The zero-order chi connectivity index (χ0) is 15.5. The van der Waals surface area contributed by atoms with E-state index in [-0.39, 0.29) is 18.3 Å². The number of para-hydroxylation sites is 1. The number of hydrogen-bond acceptors (Lipinski definition) is 4. The van der Waals surface area contributed by atoms with Crippen molar-refractivity contribution in [3.8, 4) is 0 Å².